The lowest BCUT2D eigenvalue weighted by molar-refractivity contribution is 0.0950. The summed E-state index contributed by atoms with van der Waals surface area (Å²) in [5.74, 6) is -0.359. The lowest BCUT2D eigenvalue weighted by atomic mass is 10.0. The maximum absolute atomic E-state index is 13.1. The first kappa shape index (κ1) is 26.2. The molecule has 0 saturated carbocycles. The number of aryl methyl sites for hydroxylation is 1. The van der Waals surface area contributed by atoms with Crippen LogP contribution in [0, 0.1) is 13.8 Å². The number of anilines is 1. The Morgan fingerprint density at radius 3 is 2.42 bits per heavy atom. The van der Waals surface area contributed by atoms with E-state index in [1.165, 1.54) is 43.0 Å². The molecule has 0 bridgehead atoms. The number of hydrogen-bond acceptors (Lipinski definition) is 4. The van der Waals surface area contributed by atoms with E-state index in [2.05, 4.69) is 21.0 Å². The van der Waals surface area contributed by atoms with Gasteiger partial charge >= 0.3 is 0 Å². The molecule has 1 heterocycles. The van der Waals surface area contributed by atoms with Gasteiger partial charge in [0.1, 0.15) is 4.90 Å². The predicted molar refractivity (Wildman–Crippen MR) is 145 cm³/mol. The van der Waals surface area contributed by atoms with Gasteiger partial charge in [-0.1, -0.05) is 54.4 Å². The molecule has 1 saturated heterocycles. The molecular formula is C28H32ClN3O3S. The van der Waals surface area contributed by atoms with Crippen molar-refractivity contribution in [3.63, 3.8) is 0 Å². The number of hydrogen-bond donors (Lipinski definition) is 2. The smallest absolute Gasteiger partial charge is 0.263 e. The first-order valence-electron chi connectivity index (χ1n) is 12.2. The summed E-state index contributed by atoms with van der Waals surface area (Å²) in [6.07, 6.45) is 3.73. The monoisotopic (exact) mass is 525 g/mol. The van der Waals surface area contributed by atoms with Gasteiger partial charge in [-0.3, -0.25) is 14.4 Å². The number of sulfonamides is 1. The Balaban J connectivity index is 1.48. The van der Waals surface area contributed by atoms with Crippen molar-refractivity contribution in [2.45, 2.75) is 51.1 Å². The van der Waals surface area contributed by atoms with Crippen molar-refractivity contribution in [3.8, 4) is 0 Å². The van der Waals surface area contributed by atoms with Crippen molar-refractivity contribution in [1.82, 2.24) is 10.2 Å². The van der Waals surface area contributed by atoms with Gasteiger partial charge in [-0.05, 0) is 86.3 Å². The number of benzene rings is 3. The standard InChI is InChI=1S/C28H32ClN3O3S/c1-20-9-8-12-26(21(20)2)31-36(34,35)27-17-22(13-14-25(27)29)28(33)30-18-23-10-4-5-11-24(23)19-32-15-6-3-7-16-32/h4-5,8-14,17,31H,3,6-7,15-16,18-19H2,1-2H3,(H,30,33). The maximum atomic E-state index is 13.1. The van der Waals surface area contributed by atoms with E-state index in [0.717, 1.165) is 36.3 Å². The molecule has 1 aliphatic rings. The number of carbonyl (C=O) groups is 1. The third kappa shape index (κ3) is 6.27. The van der Waals surface area contributed by atoms with Crippen LogP contribution in [0.15, 0.2) is 65.6 Å². The minimum atomic E-state index is -4.00. The Kier molecular flexibility index (Phi) is 8.34. The molecule has 4 rings (SSSR count). The molecule has 0 aliphatic carbocycles. The molecule has 0 atom stereocenters. The lowest BCUT2D eigenvalue weighted by Gasteiger charge is -2.27. The number of nitrogens with zero attached hydrogens (tertiary/aromatic N) is 1. The fourth-order valence-corrected chi connectivity index (χ4v) is 6.08. The van der Waals surface area contributed by atoms with Crippen molar-refractivity contribution >= 4 is 33.2 Å². The molecule has 6 nitrogen and oxygen atoms in total. The Labute approximate surface area is 218 Å². The zero-order chi connectivity index (χ0) is 25.7. The van der Waals surface area contributed by atoms with Gasteiger partial charge in [-0.15, -0.1) is 0 Å². The van der Waals surface area contributed by atoms with Crippen molar-refractivity contribution in [3.05, 3.63) is 93.5 Å². The summed E-state index contributed by atoms with van der Waals surface area (Å²) in [5.41, 5.74) is 4.75. The van der Waals surface area contributed by atoms with Crippen LogP contribution in [0.2, 0.25) is 5.02 Å². The van der Waals surface area contributed by atoms with Gasteiger partial charge < -0.3 is 5.32 Å². The third-order valence-electron chi connectivity index (χ3n) is 6.73. The lowest BCUT2D eigenvalue weighted by Crippen LogP contribution is -2.30. The number of piperidine rings is 1. The van der Waals surface area contributed by atoms with Crippen LogP contribution in [-0.4, -0.2) is 32.3 Å². The molecule has 0 aromatic heterocycles. The molecule has 3 aromatic carbocycles. The molecule has 36 heavy (non-hydrogen) atoms. The molecular weight excluding hydrogens is 494 g/mol. The highest BCUT2D eigenvalue weighted by atomic mass is 35.5. The number of halogens is 1. The summed E-state index contributed by atoms with van der Waals surface area (Å²) in [6.45, 7) is 7.17. The zero-order valence-electron chi connectivity index (χ0n) is 20.7. The Bertz CT molecular complexity index is 1350. The predicted octanol–water partition coefficient (Wildman–Crippen LogP) is 5.67. The van der Waals surface area contributed by atoms with Crippen molar-refractivity contribution in [2.75, 3.05) is 17.8 Å². The SMILES string of the molecule is Cc1cccc(NS(=O)(=O)c2cc(C(=O)NCc3ccccc3CN3CCCCC3)ccc2Cl)c1C. The average molecular weight is 526 g/mol. The highest BCUT2D eigenvalue weighted by Crippen LogP contribution is 2.27. The first-order chi connectivity index (χ1) is 17.2. The minimum absolute atomic E-state index is 0.0521. The second-order valence-electron chi connectivity index (χ2n) is 9.29. The topological polar surface area (TPSA) is 78.5 Å². The van der Waals surface area contributed by atoms with E-state index < -0.39 is 10.0 Å². The van der Waals surface area contributed by atoms with E-state index in [0.29, 0.717) is 12.2 Å². The highest BCUT2D eigenvalue weighted by Gasteiger charge is 2.21. The van der Waals surface area contributed by atoms with Crippen LogP contribution in [-0.2, 0) is 23.1 Å². The minimum Gasteiger partial charge on any atom is -0.348 e. The van der Waals surface area contributed by atoms with E-state index in [4.69, 9.17) is 11.6 Å². The van der Waals surface area contributed by atoms with E-state index in [-0.39, 0.29) is 21.4 Å². The van der Waals surface area contributed by atoms with E-state index in [1.807, 2.05) is 38.1 Å². The van der Waals surface area contributed by atoms with Crippen LogP contribution < -0.4 is 10.0 Å². The number of amides is 1. The molecule has 0 unspecified atom stereocenters. The van der Waals surface area contributed by atoms with Crippen LogP contribution in [0.5, 0.6) is 0 Å². The summed E-state index contributed by atoms with van der Waals surface area (Å²) in [6, 6.07) is 17.8. The third-order valence-corrected chi connectivity index (χ3v) is 8.58. The van der Waals surface area contributed by atoms with Crippen LogP contribution in [0.3, 0.4) is 0 Å². The fraction of sp³-hybridized carbons (Fsp3) is 0.321. The summed E-state index contributed by atoms with van der Waals surface area (Å²) in [7, 11) is -4.00. The Morgan fingerprint density at radius 2 is 1.67 bits per heavy atom. The quantitative estimate of drug-likeness (QED) is 0.397. The van der Waals surface area contributed by atoms with Gasteiger partial charge in [0.2, 0.25) is 0 Å². The van der Waals surface area contributed by atoms with Crippen LogP contribution >= 0.6 is 11.6 Å². The summed E-state index contributed by atoms with van der Waals surface area (Å²) in [4.78, 5) is 15.3. The molecule has 190 valence electrons. The molecule has 1 aliphatic heterocycles. The largest absolute Gasteiger partial charge is 0.348 e. The number of likely N-dealkylation sites (tertiary alicyclic amines) is 1. The van der Waals surface area contributed by atoms with Crippen LogP contribution in [0.25, 0.3) is 0 Å². The van der Waals surface area contributed by atoms with Gasteiger partial charge in [0, 0.05) is 18.7 Å². The summed E-state index contributed by atoms with van der Waals surface area (Å²) < 4.78 is 28.9. The normalized spacial score (nSPS) is 14.4. The van der Waals surface area contributed by atoms with E-state index in [1.54, 1.807) is 12.1 Å². The molecule has 2 N–H and O–H groups in total. The van der Waals surface area contributed by atoms with Crippen LogP contribution in [0.1, 0.15) is 51.9 Å². The Morgan fingerprint density at radius 1 is 0.944 bits per heavy atom. The van der Waals surface area contributed by atoms with Crippen molar-refractivity contribution in [2.24, 2.45) is 0 Å². The maximum Gasteiger partial charge on any atom is 0.263 e. The molecule has 1 fully saturated rings. The molecule has 1 amide bonds. The number of nitrogens with one attached hydrogen (secondary N) is 2. The van der Waals surface area contributed by atoms with Gasteiger partial charge in [0.05, 0.1) is 10.7 Å². The number of carbonyl (C=O) groups excluding carboxylic acids is 1. The zero-order valence-corrected chi connectivity index (χ0v) is 22.3. The molecule has 3 aromatic rings. The molecule has 0 radical (unpaired) electrons. The molecule has 0 spiro atoms. The number of rotatable bonds is 8. The van der Waals surface area contributed by atoms with Crippen molar-refractivity contribution < 1.29 is 13.2 Å². The van der Waals surface area contributed by atoms with Crippen LogP contribution in [0.4, 0.5) is 5.69 Å². The van der Waals surface area contributed by atoms with E-state index in [9.17, 15) is 13.2 Å². The van der Waals surface area contributed by atoms with Gasteiger partial charge in [0.15, 0.2) is 0 Å². The fourth-order valence-electron chi connectivity index (χ4n) is 4.43. The summed E-state index contributed by atoms with van der Waals surface area (Å²) >= 11 is 6.25. The Hall–Kier alpha value is -2.87. The average Bonchev–Trinajstić information content (AvgIpc) is 2.87. The van der Waals surface area contributed by atoms with Gasteiger partial charge in [0.25, 0.3) is 15.9 Å². The molecule has 8 heteroatoms. The van der Waals surface area contributed by atoms with Gasteiger partial charge in [-0.25, -0.2) is 8.42 Å². The second kappa shape index (κ2) is 11.5. The first-order valence-corrected chi connectivity index (χ1v) is 14.1. The van der Waals surface area contributed by atoms with E-state index >= 15 is 0 Å². The van der Waals surface area contributed by atoms with Gasteiger partial charge in [-0.2, -0.15) is 0 Å². The highest BCUT2D eigenvalue weighted by molar-refractivity contribution is 7.92. The van der Waals surface area contributed by atoms with Crippen molar-refractivity contribution in [1.29, 1.82) is 0 Å². The second-order valence-corrected chi connectivity index (χ2v) is 11.3. The summed E-state index contributed by atoms with van der Waals surface area (Å²) in [5, 5.41) is 2.99.